The number of aromatic nitrogens is 3. The number of nitrogens with zero attached hydrogens (tertiary/aromatic N) is 4. The van der Waals surface area contributed by atoms with E-state index in [1.54, 1.807) is 52.0 Å². The van der Waals surface area contributed by atoms with E-state index in [4.69, 9.17) is 5.73 Å². The lowest BCUT2D eigenvalue weighted by atomic mass is 9.82. The van der Waals surface area contributed by atoms with E-state index in [1.807, 2.05) is 85.9 Å². The van der Waals surface area contributed by atoms with Crippen molar-refractivity contribution in [3.63, 3.8) is 0 Å². The van der Waals surface area contributed by atoms with E-state index in [1.165, 1.54) is 0 Å². The summed E-state index contributed by atoms with van der Waals surface area (Å²) < 4.78 is 1.72. The summed E-state index contributed by atoms with van der Waals surface area (Å²) in [6.45, 7) is 2.54. The Morgan fingerprint density at radius 2 is 1.71 bits per heavy atom. The van der Waals surface area contributed by atoms with Crippen molar-refractivity contribution < 1.29 is 19.8 Å². The minimum absolute atomic E-state index is 0.0811. The highest BCUT2D eigenvalue weighted by Gasteiger charge is 2.52. The second kappa shape index (κ2) is 14.0. The van der Waals surface area contributed by atoms with Crippen molar-refractivity contribution in [3.8, 4) is 0 Å². The lowest BCUT2D eigenvalue weighted by Gasteiger charge is -2.28. The van der Waals surface area contributed by atoms with Gasteiger partial charge in [0.05, 0.1) is 30.5 Å². The monoisotopic (exact) mass is 642 g/mol. The Hall–Kier alpha value is -5.58. The van der Waals surface area contributed by atoms with Crippen LogP contribution in [0.4, 0.5) is 17.1 Å². The molecule has 4 aromatic carbocycles. The molecule has 1 aliphatic rings. The van der Waals surface area contributed by atoms with E-state index in [0.29, 0.717) is 46.8 Å². The molecule has 48 heavy (non-hydrogen) atoms. The van der Waals surface area contributed by atoms with Gasteiger partial charge in [0.15, 0.2) is 5.60 Å². The average Bonchev–Trinajstić information content (AvgIpc) is 3.65. The fourth-order valence-electron chi connectivity index (χ4n) is 6.07. The van der Waals surface area contributed by atoms with Crippen molar-refractivity contribution in [1.29, 1.82) is 0 Å². The van der Waals surface area contributed by atoms with Crippen LogP contribution in [0.15, 0.2) is 121 Å². The summed E-state index contributed by atoms with van der Waals surface area (Å²) in [5, 5.41) is 33.6. The number of hydrogen-bond acceptors (Lipinski definition) is 7. The number of aryl methyl sites for hydroxylation is 1. The Kier molecular flexibility index (Phi) is 9.47. The number of benzene rings is 4. The molecule has 244 valence electrons. The van der Waals surface area contributed by atoms with Gasteiger partial charge in [-0.2, -0.15) is 0 Å². The van der Waals surface area contributed by atoms with Crippen molar-refractivity contribution in [2.45, 2.75) is 38.0 Å². The molecule has 5 N–H and O–H groups in total. The Morgan fingerprint density at radius 1 is 1.00 bits per heavy atom. The quantitative estimate of drug-likeness (QED) is 0.107. The number of nitrogen functional groups attached to an aromatic ring is 1. The van der Waals surface area contributed by atoms with Crippen LogP contribution < -0.4 is 16.0 Å². The highest BCUT2D eigenvalue weighted by atomic mass is 16.3. The summed E-state index contributed by atoms with van der Waals surface area (Å²) in [5.74, 6) is -1.63. The van der Waals surface area contributed by atoms with E-state index in [9.17, 15) is 19.8 Å². The molecule has 0 saturated heterocycles. The smallest absolute Gasteiger partial charge is 0.264 e. The first-order chi connectivity index (χ1) is 23.3. The van der Waals surface area contributed by atoms with Crippen LogP contribution in [0.3, 0.4) is 0 Å². The summed E-state index contributed by atoms with van der Waals surface area (Å²) in [4.78, 5) is 28.7. The molecule has 1 aromatic heterocycles. The zero-order valence-electron chi connectivity index (χ0n) is 26.6. The SMILES string of the molecule is C[C@H](/C=C/CCn1cc(C(CO)c2ccccc2)nn1)[C@@]1(O)C(=O)N(Cc2ccccc2)c2ccc(NC(=O)c3ccc(N)cc3)cc21. The van der Waals surface area contributed by atoms with Crippen LogP contribution in [-0.2, 0) is 23.5 Å². The van der Waals surface area contributed by atoms with Gasteiger partial charge in [0, 0.05) is 41.2 Å². The van der Waals surface area contributed by atoms with Gasteiger partial charge in [0.1, 0.15) is 0 Å². The molecule has 0 spiro atoms. The maximum atomic E-state index is 14.1. The number of carbonyl (C=O) groups is 2. The zero-order valence-corrected chi connectivity index (χ0v) is 26.6. The van der Waals surface area contributed by atoms with Crippen LogP contribution in [0.1, 0.15) is 52.0 Å². The molecular weight excluding hydrogens is 604 g/mol. The predicted molar refractivity (Wildman–Crippen MR) is 185 cm³/mol. The number of nitrogens with two attached hydrogens (primary N) is 1. The minimum atomic E-state index is -1.87. The van der Waals surface area contributed by atoms with Crippen molar-refractivity contribution in [3.05, 3.63) is 149 Å². The number of amides is 2. The number of anilines is 3. The van der Waals surface area contributed by atoms with Crippen LogP contribution >= 0.6 is 0 Å². The normalized spacial score (nSPS) is 17.0. The van der Waals surface area contributed by atoms with E-state index in [0.717, 1.165) is 11.1 Å². The van der Waals surface area contributed by atoms with Gasteiger partial charge in [0.25, 0.3) is 11.8 Å². The van der Waals surface area contributed by atoms with E-state index >= 15 is 0 Å². The highest BCUT2D eigenvalue weighted by molar-refractivity contribution is 6.09. The fourth-order valence-corrected chi connectivity index (χ4v) is 6.07. The molecule has 1 unspecified atom stereocenters. The Labute approximate surface area is 279 Å². The molecule has 0 bridgehead atoms. The van der Waals surface area contributed by atoms with E-state index in [2.05, 4.69) is 15.6 Å². The molecule has 3 atom stereocenters. The molecular formula is C38H38N6O4. The third-order valence-electron chi connectivity index (χ3n) is 8.79. The van der Waals surface area contributed by atoms with Gasteiger partial charge in [-0.25, -0.2) is 0 Å². The second-order valence-corrected chi connectivity index (χ2v) is 12.0. The van der Waals surface area contributed by atoms with Crippen molar-refractivity contribution in [2.24, 2.45) is 5.92 Å². The lowest BCUT2D eigenvalue weighted by molar-refractivity contribution is -0.139. The second-order valence-electron chi connectivity index (χ2n) is 12.0. The summed E-state index contributed by atoms with van der Waals surface area (Å²) >= 11 is 0. The Balaban J connectivity index is 1.21. The van der Waals surface area contributed by atoms with E-state index in [-0.39, 0.29) is 25.0 Å². The first-order valence-electron chi connectivity index (χ1n) is 15.9. The molecule has 0 saturated carbocycles. The molecule has 0 radical (unpaired) electrons. The third kappa shape index (κ3) is 6.62. The Bertz CT molecular complexity index is 1910. The molecule has 6 rings (SSSR count). The molecule has 0 fully saturated rings. The number of hydrogen-bond donors (Lipinski definition) is 4. The third-order valence-corrected chi connectivity index (χ3v) is 8.79. The molecule has 2 heterocycles. The van der Waals surface area contributed by atoms with Crippen LogP contribution in [0.25, 0.3) is 0 Å². The summed E-state index contributed by atoms with van der Waals surface area (Å²) in [7, 11) is 0. The predicted octanol–water partition coefficient (Wildman–Crippen LogP) is 5.25. The number of aliphatic hydroxyl groups excluding tert-OH is 1. The lowest BCUT2D eigenvalue weighted by Crippen LogP contribution is -2.44. The minimum Gasteiger partial charge on any atom is -0.399 e. The van der Waals surface area contributed by atoms with Crippen LogP contribution in [0, 0.1) is 5.92 Å². The van der Waals surface area contributed by atoms with Gasteiger partial charge >= 0.3 is 0 Å². The van der Waals surface area contributed by atoms with Gasteiger partial charge in [-0.1, -0.05) is 85.0 Å². The van der Waals surface area contributed by atoms with E-state index < -0.39 is 17.4 Å². The van der Waals surface area contributed by atoms with Gasteiger partial charge < -0.3 is 26.2 Å². The molecule has 10 heteroatoms. The van der Waals surface area contributed by atoms with Crippen molar-refractivity contribution in [1.82, 2.24) is 15.0 Å². The van der Waals surface area contributed by atoms with Gasteiger partial charge in [0.2, 0.25) is 0 Å². The largest absolute Gasteiger partial charge is 0.399 e. The molecule has 5 aromatic rings. The van der Waals surface area contributed by atoms with Crippen LogP contribution in [0.2, 0.25) is 0 Å². The molecule has 1 aliphatic heterocycles. The van der Waals surface area contributed by atoms with Gasteiger partial charge in [-0.15, -0.1) is 5.10 Å². The number of nitrogens with one attached hydrogen (secondary N) is 1. The van der Waals surface area contributed by atoms with Gasteiger partial charge in [-0.05, 0) is 60.0 Å². The molecule has 0 aliphatic carbocycles. The number of allylic oxidation sites excluding steroid dienone is 1. The van der Waals surface area contributed by atoms with Crippen LogP contribution in [0.5, 0.6) is 0 Å². The number of fused-ring (bicyclic) bond motifs is 1. The maximum Gasteiger partial charge on any atom is 0.264 e. The summed E-state index contributed by atoms with van der Waals surface area (Å²) in [5.41, 5.74) is 8.93. The summed E-state index contributed by atoms with van der Waals surface area (Å²) in [6, 6.07) is 31.1. The standard InChI is InChI=1S/C38H38N6O4/c1-26(10-8-9-21-43-24-34(41-42-43)32(25-45)28-13-6-3-7-14-28)38(48)33-22-31(40-36(46)29-15-17-30(39)18-16-29)19-20-35(33)44(37(38)47)23-27-11-4-2-5-12-27/h2-8,10-20,22,24,26,32,45,48H,9,21,23,25,39H2,1H3,(H,40,46)/b10-8+/t26-,32?,38+/m1/s1. The first-order valence-corrected chi connectivity index (χ1v) is 15.9. The number of aliphatic hydroxyl groups is 2. The highest BCUT2D eigenvalue weighted by Crippen LogP contribution is 2.47. The zero-order chi connectivity index (χ0) is 33.7. The Morgan fingerprint density at radius 3 is 2.42 bits per heavy atom. The molecule has 10 nitrogen and oxygen atoms in total. The number of rotatable bonds is 12. The van der Waals surface area contributed by atoms with Crippen molar-refractivity contribution in [2.75, 3.05) is 22.6 Å². The topological polar surface area (TPSA) is 147 Å². The number of carbonyl (C=O) groups excluding carboxylic acids is 2. The van der Waals surface area contributed by atoms with Crippen molar-refractivity contribution >= 4 is 28.9 Å². The van der Waals surface area contributed by atoms with Gasteiger partial charge in [-0.3, -0.25) is 14.3 Å². The summed E-state index contributed by atoms with van der Waals surface area (Å²) in [6.07, 6.45) is 6.16. The fraction of sp³-hybridized carbons (Fsp3) is 0.211. The first kappa shape index (κ1) is 32.4. The molecule has 2 amide bonds. The maximum absolute atomic E-state index is 14.1. The van der Waals surface area contributed by atoms with Crippen LogP contribution in [-0.4, -0.2) is 43.6 Å². The average molecular weight is 643 g/mol.